The number of carbonyl (C=O) groups excluding carboxylic acids is 2. The average molecular weight is 305 g/mol. The average Bonchev–Trinajstić information content (AvgIpc) is 3.17. The number of rotatable bonds is 5. The SMILES string of the molecule is O=C(CN1CCC(C(=O)NC2CC2)C1)Nc1ccccc1F. The molecule has 2 amide bonds. The van der Waals surface area contributed by atoms with Gasteiger partial charge in [0.15, 0.2) is 0 Å². The second-order valence-electron chi connectivity index (χ2n) is 6.03. The van der Waals surface area contributed by atoms with E-state index >= 15 is 0 Å². The molecule has 1 heterocycles. The molecule has 1 unspecified atom stereocenters. The fraction of sp³-hybridized carbons (Fsp3) is 0.500. The molecule has 22 heavy (non-hydrogen) atoms. The van der Waals surface area contributed by atoms with Gasteiger partial charge in [-0.25, -0.2) is 4.39 Å². The number of hydrogen-bond donors (Lipinski definition) is 2. The van der Waals surface area contributed by atoms with Crippen LogP contribution in [-0.2, 0) is 9.59 Å². The minimum Gasteiger partial charge on any atom is -0.353 e. The molecule has 2 N–H and O–H groups in total. The van der Waals surface area contributed by atoms with Crippen molar-refractivity contribution in [3.63, 3.8) is 0 Å². The number of nitrogens with zero attached hydrogens (tertiary/aromatic N) is 1. The van der Waals surface area contributed by atoms with Gasteiger partial charge in [0.1, 0.15) is 5.82 Å². The van der Waals surface area contributed by atoms with E-state index in [-0.39, 0.29) is 30.0 Å². The van der Waals surface area contributed by atoms with Crippen LogP contribution >= 0.6 is 0 Å². The predicted octanol–water partition coefficient (Wildman–Crippen LogP) is 1.36. The van der Waals surface area contributed by atoms with Crippen molar-refractivity contribution >= 4 is 17.5 Å². The van der Waals surface area contributed by atoms with Crippen LogP contribution in [0.5, 0.6) is 0 Å². The molecular weight excluding hydrogens is 285 g/mol. The summed E-state index contributed by atoms with van der Waals surface area (Å²) < 4.78 is 13.5. The third-order valence-electron chi connectivity index (χ3n) is 4.08. The maximum absolute atomic E-state index is 13.5. The summed E-state index contributed by atoms with van der Waals surface area (Å²) in [5, 5.41) is 5.57. The summed E-state index contributed by atoms with van der Waals surface area (Å²) in [7, 11) is 0. The molecule has 0 bridgehead atoms. The van der Waals surface area contributed by atoms with Gasteiger partial charge in [-0.3, -0.25) is 14.5 Å². The lowest BCUT2D eigenvalue weighted by atomic mass is 10.1. The summed E-state index contributed by atoms with van der Waals surface area (Å²) in [4.78, 5) is 25.9. The number of carbonyl (C=O) groups is 2. The standard InChI is InChI=1S/C16H20FN3O2/c17-13-3-1-2-4-14(13)19-15(21)10-20-8-7-11(9-20)16(22)18-12-5-6-12/h1-4,11-12H,5-10H2,(H,18,22)(H,19,21). The van der Waals surface area contributed by atoms with Crippen molar-refractivity contribution in [2.24, 2.45) is 5.92 Å². The molecule has 1 aromatic carbocycles. The van der Waals surface area contributed by atoms with Gasteiger partial charge in [0, 0.05) is 12.6 Å². The molecule has 1 aromatic rings. The second kappa shape index (κ2) is 6.44. The molecule has 0 radical (unpaired) electrons. The number of amides is 2. The number of likely N-dealkylation sites (tertiary alicyclic amines) is 1. The highest BCUT2D eigenvalue weighted by Crippen LogP contribution is 2.22. The Labute approximate surface area is 128 Å². The molecule has 118 valence electrons. The molecule has 1 saturated carbocycles. The summed E-state index contributed by atoms with van der Waals surface area (Å²) in [6.45, 7) is 1.48. The summed E-state index contributed by atoms with van der Waals surface area (Å²) in [6.07, 6.45) is 2.92. The highest BCUT2D eigenvalue weighted by molar-refractivity contribution is 5.92. The van der Waals surface area contributed by atoms with Crippen LogP contribution < -0.4 is 10.6 Å². The van der Waals surface area contributed by atoms with Crippen LogP contribution in [0.15, 0.2) is 24.3 Å². The highest BCUT2D eigenvalue weighted by atomic mass is 19.1. The van der Waals surface area contributed by atoms with Gasteiger partial charge >= 0.3 is 0 Å². The number of halogens is 1. The molecule has 5 nitrogen and oxygen atoms in total. The molecule has 1 saturated heterocycles. The Morgan fingerprint density at radius 3 is 2.73 bits per heavy atom. The number of para-hydroxylation sites is 1. The van der Waals surface area contributed by atoms with Gasteiger partial charge in [-0.05, 0) is 37.9 Å². The van der Waals surface area contributed by atoms with Crippen molar-refractivity contribution in [2.45, 2.75) is 25.3 Å². The molecule has 2 fully saturated rings. The van der Waals surface area contributed by atoms with E-state index in [1.54, 1.807) is 12.1 Å². The van der Waals surface area contributed by atoms with E-state index in [4.69, 9.17) is 0 Å². The van der Waals surface area contributed by atoms with Crippen molar-refractivity contribution in [2.75, 3.05) is 25.0 Å². The Hall–Kier alpha value is -1.95. The molecule has 6 heteroatoms. The van der Waals surface area contributed by atoms with Gasteiger partial charge in [0.05, 0.1) is 18.2 Å². The lowest BCUT2D eigenvalue weighted by Gasteiger charge is -2.16. The zero-order chi connectivity index (χ0) is 15.5. The minimum absolute atomic E-state index is 0.0399. The van der Waals surface area contributed by atoms with Crippen LogP contribution in [0, 0.1) is 11.7 Å². The van der Waals surface area contributed by atoms with Crippen molar-refractivity contribution in [1.82, 2.24) is 10.2 Å². The fourth-order valence-electron chi connectivity index (χ4n) is 2.69. The first-order chi connectivity index (χ1) is 10.6. The molecule has 1 aliphatic heterocycles. The molecule has 0 aromatic heterocycles. The van der Waals surface area contributed by atoms with Crippen molar-refractivity contribution < 1.29 is 14.0 Å². The Kier molecular flexibility index (Phi) is 4.38. The van der Waals surface area contributed by atoms with Crippen molar-refractivity contribution in [3.8, 4) is 0 Å². The van der Waals surface area contributed by atoms with Gasteiger partial charge in [-0.2, -0.15) is 0 Å². The number of nitrogens with one attached hydrogen (secondary N) is 2. The third kappa shape index (κ3) is 3.82. The van der Waals surface area contributed by atoms with E-state index in [1.165, 1.54) is 12.1 Å². The van der Waals surface area contributed by atoms with Crippen LogP contribution in [-0.4, -0.2) is 42.4 Å². The summed E-state index contributed by atoms with van der Waals surface area (Å²) in [5.41, 5.74) is 0.190. The minimum atomic E-state index is -0.445. The molecule has 1 atom stereocenters. The van der Waals surface area contributed by atoms with E-state index in [0.29, 0.717) is 19.1 Å². The molecular formula is C16H20FN3O2. The first kappa shape index (κ1) is 15.0. The van der Waals surface area contributed by atoms with Gasteiger partial charge in [0.2, 0.25) is 11.8 Å². The molecule has 2 aliphatic rings. The molecule has 3 rings (SSSR count). The smallest absolute Gasteiger partial charge is 0.238 e. The van der Waals surface area contributed by atoms with Crippen LogP contribution in [0.1, 0.15) is 19.3 Å². The molecule has 0 spiro atoms. The van der Waals surface area contributed by atoms with Crippen LogP contribution in [0.3, 0.4) is 0 Å². The van der Waals surface area contributed by atoms with Crippen LogP contribution in [0.2, 0.25) is 0 Å². The Morgan fingerprint density at radius 1 is 1.23 bits per heavy atom. The Bertz CT molecular complexity index is 574. The normalized spacial score (nSPS) is 21.6. The zero-order valence-corrected chi connectivity index (χ0v) is 12.3. The van der Waals surface area contributed by atoms with Gasteiger partial charge in [-0.1, -0.05) is 12.1 Å². The van der Waals surface area contributed by atoms with E-state index in [0.717, 1.165) is 19.3 Å². The first-order valence-corrected chi connectivity index (χ1v) is 7.69. The van der Waals surface area contributed by atoms with Gasteiger partial charge in [-0.15, -0.1) is 0 Å². The summed E-state index contributed by atoms with van der Waals surface area (Å²) >= 11 is 0. The number of anilines is 1. The lowest BCUT2D eigenvalue weighted by molar-refractivity contribution is -0.125. The van der Waals surface area contributed by atoms with Crippen LogP contribution in [0.25, 0.3) is 0 Å². The Morgan fingerprint density at radius 2 is 2.00 bits per heavy atom. The topological polar surface area (TPSA) is 61.4 Å². The van der Waals surface area contributed by atoms with E-state index in [1.807, 2.05) is 4.90 Å². The first-order valence-electron chi connectivity index (χ1n) is 7.69. The molecule has 1 aliphatic carbocycles. The summed E-state index contributed by atoms with van der Waals surface area (Å²) in [6, 6.07) is 6.46. The maximum Gasteiger partial charge on any atom is 0.238 e. The lowest BCUT2D eigenvalue weighted by Crippen LogP contribution is -2.36. The van der Waals surface area contributed by atoms with E-state index in [2.05, 4.69) is 10.6 Å². The predicted molar refractivity (Wildman–Crippen MR) is 80.7 cm³/mol. The second-order valence-corrected chi connectivity index (χ2v) is 6.03. The van der Waals surface area contributed by atoms with Crippen molar-refractivity contribution in [1.29, 1.82) is 0 Å². The zero-order valence-electron chi connectivity index (χ0n) is 12.3. The van der Waals surface area contributed by atoms with E-state index in [9.17, 15) is 14.0 Å². The third-order valence-corrected chi connectivity index (χ3v) is 4.08. The van der Waals surface area contributed by atoms with Crippen molar-refractivity contribution in [3.05, 3.63) is 30.1 Å². The van der Waals surface area contributed by atoms with Gasteiger partial charge < -0.3 is 10.6 Å². The quantitative estimate of drug-likeness (QED) is 0.863. The summed E-state index contributed by atoms with van der Waals surface area (Å²) in [5.74, 6) is -0.645. The fourth-order valence-corrected chi connectivity index (χ4v) is 2.69. The largest absolute Gasteiger partial charge is 0.353 e. The van der Waals surface area contributed by atoms with Gasteiger partial charge in [0.25, 0.3) is 0 Å². The monoisotopic (exact) mass is 305 g/mol. The van der Waals surface area contributed by atoms with Crippen LogP contribution in [0.4, 0.5) is 10.1 Å². The Balaban J connectivity index is 1.46. The highest BCUT2D eigenvalue weighted by Gasteiger charge is 2.32. The number of benzene rings is 1. The maximum atomic E-state index is 13.5. The van der Waals surface area contributed by atoms with E-state index < -0.39 is 5.82 Å². The number of hydrogen-bond acceptors (Lipinski definition) is 3.